The van der Waals surface area contributed by atoms with Gasteiger partial charge in [-0.1, -0.05) is 92.1 Å². The van der Waals surface area contributed by atoms with Gasteiger partial charge in [-0.3, -0.25) is 43.2 Å². The number of nitrogens with zero attached hydrogens (tertiary/aromatic N) is 4. The van der Waals surface area contributed by atoms with Crippen LogP contribution in [0, 0.1) is 29.6 Å². The summed E-state index contributed by atoms with van der Waals surface area (Å²) in [4.78, 5) is 148. The van der Waals surface area contributed by atoms with Crippen LogP contribution in [0.25, 0.3) is 0 Å². The molecule has 1 aromatic carbocycles. The van der Waals surface area contributed by atoms with Crippen LogP contribution in [0.15, 0.2) is 30.3 Å². The number of carbonyl (C=O) groups excluding carboxylic acids is 10. The highest BCUT2D eigenvalue weighted by Crippen LogP contribution is 2.27. The van der Waals surface area contributed by atoms with Crippen LogP contribution in [0.3, 0.4) is 0 Å². The molecular weight excluding hydrogens is 995 g/mol. The van der Waals surface area contributed by atoms with E-state index in [0.29, 0.717) is 24.8 Å². The zero-order chi connectivity index (χ0) is 57.7. The van der Waals surface area contributed by atoms with E-state index in [0.717, 1.165) is 0 Å². The van der Waals surface area contributed by atoms with E-state index in [2.05, 4.69) is 16.0 Å². The Morgan fingerprint density at radius 2 is 1.48 bits per heavy atom. The average molecular weight is 1080 g/mol. The van der Waals surface area contributed by atoms with Crippen LogP contribution in [-0.4, -0.2) is 183 Å². The summed E-state index contributed by atoms with van der Waals surface area (Å²) < 4.78 is 11.9. The van der Waals surface area contributed by atoms with Crippen LogP contribution in [0.1, 0.15) is 133 Å². The molecule has 4 rings (SSSR count). The van der Waals surface area contributed by atoms with Gasteiger partial charge in [-0.25, -0.2) is 4.79 Å². The first-order valence-electron chi connectivity index (χ1n) is 27.5. The van der Waals surface area contributed by atoms with Crippen LogP contribution in [0.2, 0.25) is 0 Å². The number of Topliss-reactive ketones (excluding diaryl/α,β-unsaturated/α-hetero) is 1. The van der Waals surface area contributed by atoms with Gasteiger partial charge in [0.2, 0.25) is 35.4 Å². The van der Waals surface area contributed by atoms with Gasteiger partial charge in [-0.15, -0.1) is 0 Å². The molecule has 3 aliphatic heterocycles. The first-order chi connectivity index (χ1) is 36.1. The molecule has 0 saturated carbocycles. The third-order valence-electron chi connectivity index (χ3n) is 15.2. The van der Waals surface area contributed by atoms with Gasteiger partial charge in [0.25, 0.3) is 5.91 Å². The number of hydrogen-bond acceptors (Lipinski definition) is 14. The van der Waals surface area contributed by atoms with Crippen LogP contribution in [0.5, 0.6) is 0 Å². The number of benzene rings is 1. The van der Waals surface area contributed by atoms with Crippen molar-refractivity contribution in [1.82, 2.24) is 35.6 Å². The molecule has 5 N–H and O–H groups in total. The van der Waals surface area contributed by atoms with E-state index in [1.54, 1.807) is 58.0 Å². The number of likely N-dealkylation sites (N-methyl/N-ethyl adjacent to an activating group) is 2. The van der Waals surface area contributed by atoms with Gasteiger partial charge >= 0.3 is 11.9 Å². The van der Waals surface area contributed by atoms with E-state index in [1.165, 1.54) is 54.5 Å². The fourth-order valence-electron chi connectivity index (χ4n) is 10.4. The molecule has 0 aromatic heterocycles. The van der Waals surface area contributed by atoms with Crippen molar-refractivity contribution in [3.63, 3.8) is 0 Å². The molecule has 13 atom stereocenters. The zero-order valence-electron chi connectivity index (χ0n) is 47.5. The van der Waals surface area contributed by atoms with Crippen molar-refractivity contribution >= 4 is 59.1 Å². The zero-order valence-corrected chi connectivity index (χ0v) is 47.5. The lowest BCUT2D eigenvalue weighted by Gasteiger charge is -2.36. The molecule has 3 heterocycles. The van der Waals surface area contributed by atoms with E-state index in [-0.39, 0.29) is 57.0 Å². The lowest BCUT2D eigenvalue weighted by Crippen LogP contribution is -2.62. The highest BCUT2D eigenvalue weighted by Gasteiger charge is 2.46. The predicted octanol–water partition coefficient (Wildman–Crippen LogP) is 2.31. The summed E-state index contributed by atoms with van der Waals surface area (Å²) in [7, 11) is 2.82. The molecule has 0 radical (unpaired) electrons. The Hall–Kier alpha value is -5.96. The fourth-order valence-corrected chi connectivity index (χ4v) is 10.4. The van der Waals surface area contributed by atoms with E-state index in [9.17, 15) is 58.2 Å². The Balaban J connectivity index is 1.87. The highest BCUT2D eigenvalue weighted by atomic mass is 16.6. The van der Waals surface area contributed by atoms with Gasteiger partial charge in [-0.2, -0.15) is 0 Å². The Morgan fingerprint density at radius 3 is 2.06 bits per heavy atom. The normalized spacial score (nSPS) is 28.1. The molecule has 3 fully saturated rings. The number of carbonyl (C=O) groups is 10. The number of esters is 2. The summed E-state index contributed by atoms with van der Waals surface area (Å²) in [5, 5.41) is 30.2. The number of rotatable bonds is 14. The first kappa shape index (κ1) is 63.6. The molecule has 0 aliphatic carbocycles. The van der Waals surface area contributed by atoms with Crippen molar-refractivity contribution in [2.45, 2.75) is 201 Å². The molecule has 21 nitrogen and oxygen atoms in total. The number of fused-ring (bicyclic) bond motifs is 1. The summed E-state index contributed by atoms with van der Waals surface area (Å²) in [5.41, 5.74) is 0.633. The molecule has 0 unspecified atom stereocenters. The maximum absolute atomic E-state index is 15.0. The van der Waals surface area contributed by atoms with Crippen molar-refractivity contribution in [3.05, 3.63) is 35.9 Å². The van der Waals surface area contributed by atoms with Gasteiger partial charge in [0.1, 0.15) is 48.5 Å². The molecule has 3 saturated heterocycles. The van der Waals surface area contributed by atoms with E-state index in [4.69, 9.17) is 9.47 Å². The van der Waals surface area contributed by atoms with Crippen molar-refractivity contribution in [1.29, 1.82) is 0 Å². The van der Waals surface area contributed by atoms with Crippen LogP contribution in [0.4, 0.5) is 0 Å². The lowest BCUT2D eigenvalue weighted by atomic mass is 9.91. The quantitative estimate of drug-likeness (QED) is 0.132. The number of aliphatic hydroxyl groups excluding tert-OH is 2. The second-order valence-electron chi connectivity index (χ2n) is 22.6. The third-order valence-corrected chi connectivity index (χ3v) is 15.2. The standard InChI is InChI=1S/C56H87N7O14/c1-14-33(8)45-43(65)29-44(66)77-48(32(6)7)47(67)34(9)49(68)57-38(26-30(2)3)53(72)63-25-19-23-40(63)55(74)61(13)42(28-37-20-16-15-17-21-37)56(75)76-36(11)46(51(70)58-45)59-50(69)41(27-31(4)5)60(12)54(73)39-22-18-24-62(39)52(71)35(10)64/h15-17,20-21,30-36,38-43,45-46,48,64-65H,14,18-19,22-29H2,1-13H3,(H,57,68)(H,58,70)(H,59,69)/t33-,34-,35-,36-,38+,39-,40-,41+,42-,43+,45+,46-,48+/m0/s1. The summed E-state index contributed by atoms with van der Waals surface area (Å²) in [5.74, 6) is -10.6. The van der Waals surface area contributed by atoms with Gasteiger partial charge in [-0.05, 0) is 88.5 Å². The number of ether oxygens (including phenoxy) is 2. The SMILES string of the molecule is CC[C@H](C)[C@H]1NC(=O)[C@@H](NC(=O)[C@@H](CC(C)C)N(C)C(=O)[C@@H]2CCCN2C(=O)[C@H](C)O)[C@H](C)OC(=O)[C@H](Cc2ccccc2)N(C)C(=O)[C@@H]2CCCN2C(=O)[C@@H](CC(C)C)NC(=O)[C@@H](C)C(=O)[C@@H](C(C)C)OC(=O)C[C@H]1O. The monoisotopic (exact) mass is 1080 g/mol. The number of likely N-dealkylation sites (tertiary alicyclic amines) is 1. The van der Waals surface area contributed by atoms with Gasteiger partial charge in [0.05, 0.1) is 24.5 Å². The van der Waals surface area contributed by atoms with Crippen molar-refractivity contribution < 1.29 is 67.6 Å². The Labute approximate surface area is 454 Å². The van der Waals surface area contributed by atoms with E-state index >= 15 is 0 Å². The average Bonchev–Trinajstić information content (AvgIpc) is 4.08. The summed E-state index contributed by atoms with van der Waals surface area (Å²) in [6.07, 6.45) is -4.82. The van der Waals surface area contributed by atoms with E-state index < -0.39 is 150 Å². The number of aliphatic hydroxyl groups is 2. The summed E-state index contributed by atoms with van der Waals surface area (Å²) >= 11 is 0. The molecular formula is C56H87N7O14. The van der Waals surface area contributed by atoms with Crippen LogP contribution in [-0.2, 0) is 63.8 Å². The molecule has 21 heteroatoms. The maximum Gasteiger partial charge on any atom is 0.329 e. The Bertz CT molecular complexity index is 2260. The predicted molar refractivity (Wildman–Crippen MR) is 284 cm³/mol. The lowest BCUT2D eigenvalue weighted by molar-refractivity contribution is -0.163. The van der Waals surface area contributed by atoms with Crippen LogP contribution < -0.4 is 16.0 Å². The second-order valence-corrected chi connectivity index (χ2v) is 22.6. The highest BCUT2D eigenvalue weighted by molar-refractivity contribution is 6.05. The van der Waals surface area contributed by atoms with Crippen molar-refractivity contribution in [2.24, 2.45) is 29.6 Å². The topological polar surface area (TPSA) is 279 Å². The molecule has 7 amide bonds. The molecule has 1 aromatic rings. The Kier molecular flexibility index (Phi) is 23.6. The molecule has 3 aliphatic rings. The fraction of sp³-hybridized carbons (Fsp3) is 0.714. The van der Waals surface area contributed by atoms with Crippen LogP contribution >= 0.6 is 0 Å². The smallest absolute Gasteiger partial charge is 0.329 e. The van der Waals surface area contributed by atoms with Gasteiger partial charge in [0.15, 0.2) is 11.9 Å². The number of amides is 7. The first-order valence-corrected chi connectivity index (χ1v) is 27.5. The second kappa shape index (κ2) is 28.6. The number of nitrogens with one attached hydrogen (secondary N) is 3. The number of ketones is 1. The molecule has 77 heavy (non-hydrogen) atoms. The van der Waals surface area contributed by atoms with E-state index in [1.807, 2.05) is 27.7 Å². The van der Waals surface area contributed by atoms with Crippen molar-refractivity contribution in [2.75, 3.05) is 27.2 Å². The summed E-state index contributed by atoms with van der Waals surface area (Å²) in [6.45, 7) is 18.5. The minimum Gasteiger partial charge on any atom is -0.458 e. The maximum atomic E-state index is 15.0. The van der Waals surface area contributed by atoms with Gasteiger partial charge in [0, 0.05) is 33.6 Å². The molecule has 0 bridgehead atoms. The number of hydrogen-bond donors (Lipinski definition) is 5. The molecule has 430 valence electrons. The number of cyclic esters (lactones) is 2. The largest absolute Gasteiger partial charge is 0.458 e. The van der Waals surface area contributed by atoms with Gasteiger partial charge < -0.3 is 55.2 Å². The minimum absolute atomic E-state index is 0.0780. The minimum atomic E-state index is -1.74. The summed E-state index contributed by atoms with van der Waals surface area (Å²) in [6, 6.07) is 0.00586. The third kappa shape index (κ3) is 16.5. The Morgan fingerprint density at radius 1 is 0.844 bits per heavy atom. The molecule has 0 spiro atoms. The van der Waals surface area contributed by atoms with Crippen molar-refractivity contribution in [3.8, 4) is 0 Å².